The molecule has 4 aliphatic rings. The number of benzene rings is 1. The summed E-state index contributed by atoms with van der Waals surface area (Å²) in [6.07, 6.45) is 0.838. The van der Waals surface area contributed by atoms with Crippen molar-refractivity contribution >= 4 is 17.7 Å². The van der Waals surface area contributed by atoms with Crippen LogP contribution >= 0.6 is 0 Å². The van der Waals surface area contributed by atoms with Crippen LogP contribution < -0.4 is 0 Å². The Bertz CT molecular complexity index is 850. The van der Waals surface area contributed by atoms with E-state index in [1.165, 1.54) is 0 Å². The van der Waals surface area contributed by atoms with Crippen molar-refractivity contribution in [2.45, 2.75) is 37.3 Å². The molecular formula is C19H19NO5. The highest BCUT2D eigenvalue weighted by Crippen LogP contribution is 2.75. The largest absolute Gasteiger partial charge is 0.465 e. The van der Waals surface area contributed by atoms with Gasteiger partial charge in [-0.05, 0) is 30.9 Å². The Hall–Kier alpha value is -2.21. The predicted octanol–water partition coefficient (Wildman–Crippen LogP) is 0.554. The Labute approximate surface area is 144 Å². The Morgan fingerprint density at radius 1 is 1.36 bits per heavy atom. The van der Waals surface area contributed by atoms with Gasteiger partial charge in [-0.1, -0.05) is 24.3 Å². The zero-order valence-corrected chi connectivity index (χ0v) is 13.9. The molecule has 2 aliphatic heterocycles. The van der Waals surface area contributed by atoms with E-state index in [1.807, 2.05) is 24.3 Å². The van der Waals surface area contributed by atoms with Crippen LogP contribution in [-0.4, -0.2) is 46.4 Å². The molecule has 5 rings (SSSR count). The number of aliphatic hydroxyl groups is 1. The van der Waals surface area contributed by atoms with Crippen LogP contribution in [0.3, 0.4) is 0 Å². The average molecular weight is 341 g/mol. The van der Waals surface area contributed by atoms with Crippen LogP contribution in [0.5, 0.6) is 0 Å². The molecule has 1 N–H and O–H groups in total. The lowest BCUT2D eigenvalue weighted by Gasteiger charge is -2.50. The van der Waals surface area contributed by atoms with Crippen LogP contribution in [0.15, 0.2) is 24.3 Å². The van der Waals surface area contributed by atoms with Crippen molar-refractivity contribution < 1.29 is 24.2 Å². The highest BCUT2D eigenvalue weighted by atomic mass is 16.5. The summed E-state index contributed by atoms with van der Waals surface area (Å²) in [5.74, 6) is -2.15. The summed E-state index contributed by atoms with van der Waals surface area (Å²) in [6, 6.07) is 7.73. The van der Waals surface area contributed by atoms with Crippen molar-refractivity contribution in [1.29, 1.82) is 0 Å². The minimum Gasteiger partial charge on any atom is -0.465 e. The summed E-state index contributed by atoms with van der Waals surface area (Å²) in [4.78, 5) is 40.5. The van der Waals surface area contributed by atoms with Crippen LogP contribution in [-0.2, 0) is 31.1 Å². The number of ether oxygens (including phenoxy) is 1. The summed E-state index contributed by atoms with van der Waals surface area (Å²) < 4.78 is 5.32. The number of carbonyl (C=O) groups excluding carboxylic acids is 3. The van der Waals surface area contributed by atoms with Gasteiger partial charge < -0.3 is 14.7 Å². The van der Waals surface area contributed by atoms with Crippen LogP contribution in [0.1, 0.15) is 30.9 Å². The van der Waals surface area contributed by atoms with Crippen LogP contribution in [0.4, 0.5) is 0 Å². The number of ketones is 1. The molecule has 2 saturated carbocycles. The standard InChI is InChI=1S/C19H19NO5/c1-2-25-16(23)17-10-14(21)13-9-18(17)12-6-4-3-5-11(12)7-8-20(18)15(22)19(13,17)24/h3-6,13,24H,2,7-10H2,1H3/t13-,17+,18-,19-/m1/s1. The summed E-state index contributed by atoms with van der Waals surface area (Å²) in [6.45, 7) is 2.28. The fraction of sp³-hybridized carbons (Fsp3) is 0.526. The van der Waals surface area contributed by atoms with Crippen molar-refractivity contribution in [3.8, 4) is 0 Å². The number of carbonyl (C=O) groups is 3. The maximum atomic E-state index is 13.2. The number of hydrogen-bond donors (Lipinski definition) is 1. The molecule has 2 aliphatic carbocycles. The minimum atomic E-state index is -1.98. The van der Waals surface area contributed by atoms with Gasteiger partial charge in [0.25, 0.3) is 5.91 Å². The molecule has 6 nitrogen and oxygen atoms in total. The van der Waals surface area contributed by atoms with Crippen molar-refractivity contribution in [3.63, 3.8) is 0 Å². The van der Waals surface area contributed by atoms with E-state index in [-0.39, 0.29) is 18.8 Å². The highest BCUT2D eigenvalue weighted by molar-refractivity contribution is 6.12. The van der Waals surface area contributed by atoms with E-state index in [2.05, 4.69) is 0 Å². The van der Waals surface area contributed by atoms with Gasteiger partial charge in [0.1, 0.15) is 11.2 Å². The van der Waals surface area contributed by atoms with E-state index in [0.717, 1.165) is 11.1 Å². The maximum absolute atomic E-state index is 13.2. The van der Waals surface area contributed by atoms with Crippen LogP contribution in [0.25, 0.3) is 0 Å². The number of fused-ring (bicyclic) bond motifs is 1. The van der Waals surface area contributed by atoms with Gasteiger partial charge in [-0.3, -0.25) is 14.4 Å². The first kappa shape index (κ1) is 15.1. The second-order valence-corrected chi connectivity index (χ2v) is 7.52. The van der Waals surface area contributed by atoms with Crippen molar-refractivity contribution in [3.05, 3.63) is 35.4 Å². The summed E-state index contributed by atoms with van der Waals surface area (Å²) in [5, 5.41) is 11.5. The zero-order chi connectivity index (χ0) is 17.6. The first-order chi connectivity index (χ1) is 11.9. The lowest BCUT2D eigenvalue weighted by atomic mass is 9.62. The number of esters is 1. The second-order valence-electron chi connectivity index (χ2n) is 7.52. The van der Waals surface area contributed by atoms with Crippen LogP contribution in [0, 0.1) is 11.3 Å². The molecule has 2 heterocycles. The van der Waals surface area contributed by atoms with E-state index >= 15 is 0 Å². The molecule has 0 radical (unpaired) electrons. The summed E-state index contributed by atoms with van der Waals surface area (Å²) in [7, 11) is 0. The van der Waals surface area contributed by atoms with E-state index < -0.39 is 34.3 Å². The molecular weight excluding hydrogens is 322 g/mol. The smallest absolute Gasteiger partial charge is 0.318 e. The second kappa shape index (κ2) is 4.30. The molecule has 1 saturated heterocycles. The molecule has 25 heavy (non-hydrogen) atoms. The lowest BCUT2D eigenvalue weighted by Crippen LogP contribution is -2.59. The lowest BCUT2D eigenvalue weighted by molar-refractivity contribution is -0.172. The fourth-order valence-electron chi connectivity index (χ4n) is 6.10. The molecule has 1 amide bonds. The topological polar surface area (TPSA) is 83.9 Å². The normalized spacial score (nSPS) is 40.2. The molecule has 4 atom stereocenters. The molecule has 1 aromatic rings. The van der Waals surface area contributed by atoms with Gasteiger partial charge in [0, 0.05) is 13.0 Å². The molecule has 3 fully saturated rings. The Kier molecular flexibility index (Phi) is 2.59. The molecule has 130 valence electrons. The van der Waals surface area contributed by atoms with Crippen molar-refractivity contribution in [2.24, 2.45) is 11.3 Å². The van der Waals surface area contributed by atoms with E-state index in [9.17, 15) is 19.5 Å². The Balaban J connectivity index is 1.86. The van der Waals surface area contributed by atoms with Gasteiger partial charge in [-0.2, -0.15) is 0 Å². The first-order valence-electron chi connectivity index (χ1n) is 8.78. The number of piperidine rings is 1. The van der Waals surface area contributed by atoms with Crippen molar-refractivity contribution in [2.75, 3.05) is 13.2 Å². The molecule has 0 unspecified atom stereocenters. The number of amides is 1. The number of nitrogens with zero attached hydrogens (tertiary/aromatic N) is 1. The molecule has 1 aromatic carbocycles. The summed E-state index contributed by atoms with van der Waals surface area (Å²) >= 11 is 0. The van der Waals surface area contributed by atoms with Gasteiger partial charge >= 0.3 is 5.97 Å². The van der Waals surface area contributed by atoms with Crippen LogP contribution in [0.2, 0.25) is 0 Å². The zero-order valence-electron chi connectivity index (χ0n) is 13.9. The molecule has 0 aromatic heterocycles. The maximum Gasteiger partial charge on any atom is 0.318 e. The third kappa shape index (κ3) is 1.25. The average Bonchev–Trinajstić information content (AvgIpc) is 3.04. The van der Waals surface area contributed by atoms with Gasteiger partial charge in [0.15, 0.2) is 5.60 Å². The number of hydrogen-bond acceptors (Lipinski definition) is 5. The Morgan fingerprint density at radius 3 is 2.88 bits per heavy atom. The number of rotatable bonds is 2. The molecule has 4 bridgehead atoms. The van der Waals surface area contributed by atoms with E-state index in [0.29, 0.717) is 19.4 Å². The number of Topliss-reactive ketones (excluding diaryl/α,β-unsaturated/α-hetero) is 1. The van der Waals surface area contributed by atoms with Gasteiger partial charge in [0.2, 0.25) is 0 Å². The van der Waals surface area contributed by atoms with Gasteiger partial charge in [-0.25, -0.2) is 0 Å². The quantitative estimate of drug-likeness (QED) is 0.795. The SMILES string of the molecule is CCOC(=O)[C@@]12CC(=O)[C@H]3C[C@@]14c1ccccc1CCN4C(=O)[C@]32O. The van der Waals surface area contributed by atoms with E-state index in [4.69, 9.17) is 4.74 Å². The molecule has 6 heteroatoms. The highest BCUT2D eigenvalue weighted by Gasteiger charge is 2.91. The predicted molar refractivity (Wildman–Crippen MR) is 85.3 cm³/mol. The monoisotopic (exact) mass is 341 g/mol. The van der Waals surface area contributed by atoms with Crippen molar-refractivity contribution in [1.82, 2.24) is 4.90 Å². The third-order valence-electron chi connectivity index (χ3n) is 6.91. The van der Waals surface area contributed by atoms with E-state index in [1.54, 1.807) is 11.8 Å². The fourth-order valence-corrected chi connectivity index (χ4v) is 6.10. The minimum absolute atomic E-state index is 0.135. The summed E-state index contributed by atoms with van der Waals surface area (Å²) in [5.41, 5.74) is -2.54. The van der Waals surface area contributed by atoms with Gasteiger partial charge in [0.05, 0.1) is 18.1 Å². The third-order valence-corrected chi connectivity index (χ3v) is 6.91. The molecule has 1 spiro atoms. The Morgan fingerprint density at radius 2 is 2.12 bits per heavy atom. The van der Waals surface area contributed by atoms with Gasteiger partial charge in [-0.15, -0.1) is 0 Å². The first-order valence-corrected chi connectivity index (χ1v) is 8.78.